The van der Waals surface area contributed by atoms with Gasteiger partial charge in [0.15, 0.2) is 0 Å². The van der Waals surface area contributed by atoms with Crippen LogP contribution in [0.15, 0.2) is 30.3 Å². The zero-order chi connectivity index (χ0) is 28.8. The summed E-state index contributed by atoms with van der Waals surface area (Å²) in [4.78, 5) is 17.5. The summed E-state index contributed by atoms with van der Waals surface area (Å²) in [5.41, 5.74) is 0.546. The summed E-state index contributed by atoms with van der Waals surface area (Å²) >= 11 is 0. The summed E-state index contributed by atoms with van der Waals surface area (Å²) in [6.07, 6.45) is -3.86. The van der Waals surface area contributed by atoms with E-state index in [2.05, 4.69) is 4.98 Å². The van der Waals surface area contributed by atoms with Crippen LogP contribution < -0.4 is 4.74 Å². The molecule has 0 amide bonds. The van der Waals surface area contributed by atoms with Gasteiger partial charge >= 0.3 is 12.1 Å². The fraction of sp³-hybridized carbons (Fsp3) is 0.464. The molecule has 3 aromatic rings. The van der Waals surface area contributed by atoms with Crippen molar-refractivity contribution in [1.82, 2.24) is 14.8 Å². The molecule has 216 valence electrons. The van der Waals surface area contributed by atoms with Crippen molar-refractivity contribution in [3.05, 3.63) is 64.4 Å². The van der Waals surface area contributed by atoms with Gasteiger partial charge in [0, 0.05) is 60.0 Å². The zero-order valence-electron chi connectivity index (χ0n) is 21.7. The maximum absolute atomic E-state index is 15.7. The molecule has 0 spiro atoms. The standard InChI is InChI=1S/C28H29F6N3O3/c1-15-9-20-19-4-3-16(27(38)39)10-23(19)35-25(20)26(37(15)14-28(32,33)34)24-21(30)11-18(12-22(24)31)40-17-5-8-36(13-17)7-2-6-29/h3-4,10-12,15,17,26,35H,2,5-9,13-14H2,1H3,(H,38,39)/t15-,17+,26+/m1/s1. The molecule has 0 unspecified atom stereocenters. The first-order valence-corrected chi connectivity index (χ1v) is 13.1. The first-order chi connectivity index (χ1) is 18.9. The molecule has 3 heterocycles. The van der Waals surface area contributed by atoms with E-state index in [0.717, 1.165) is 17.0 Å². The first kappa shape index (κ1) is 28.3. The number of alkyl halides is 4. The van der Waals surface area contributed by atoms with Crippen LogP contribution >= 0.6 is 0 Å². The molecule has 1 saturated heterocycles. The van der Waals surface area contributed by atoms with Crippen molar-refractivity contribution in [1.29, 1.82) is 0 Å². The SMILES string of the molecule is C[C@@H]1Cc2c([nH]c3cc(C(=O)O)ccc23)[C@H](c2c(F)cc(O[C@H]3CCN(CCCF)C3)cc2F)N1CC(F)(F)F. The van der Waals surface area contributed by atoms with Crippen molar-refractivity contribution >= 4 is 16.9 Å². The Morgan fingerprint density at radius 3 is 2.55 bits per heavy atom. The fourth-order valence-electron chi connectivity index (χ4n) is 5.92. The van der Waals surface area contributed by atoms with Gasteiger partial charge in [0.2, 0.25) is 0 Å². The normalized spacial score (nSPS) is 22.1. The van der Waals surface area contributed by atoms with Crippen LogP contribution in [0.4, 0.5) is 26.3 Å². The van der Waals surface area contributed by atoms with Gasteiger partial charge in [0.05, 0.1) is 24.8 Å². The maximum Gasteiger partial charge on any atom is 0.401 e. The van der Waals surface area contributed by atoms with E-state index in [0.29, 0.717) is 48.9 Å². The smallest absolute Gasteiger partial charge is 0.401 e. The van der Waals surface area contributed by atoms with Gasteiger partial charge in [0.1, 0.15) is 23.5 Å². The molecule has 12 heteroatoms. The largest absolute Gasteiger partial charge is 0.489 e. The van der Waals surface area contributed by atoms with E-state index in [1.165, 1.54) is 12.1 Å². The highest BCUT2D eigenvalue weighted by atomic mass is 19.4. The van der Waals surface area contributed by atoms with Gasteiger partial charge in [-0.2, -0.15) is 13.2 Å². The number of nitrogens with zero attached hydrogens (tertiary/aromatic N) is 2. The molecular formula is C28H29F6N3O3. The van der Waals surface area contributed by atoms with Crippen LogP contribution in [-0.2, 0) is 6.42 Å². The number of H-pyrrole nitrogens is 1. The van der Waals surface area contributed by atoms with Gasteiger partial charge in [0.25, 0.3) is 0 Å². The Morgan fingerprint density at radius 2 is 1.90 bits per heavy atom. The molecule has 2 N–H and O–H groups in total. The van der Waals surface area contributed by atoms with Gasteiger partial charge in [-0.25, -0.2) is 13.6 Å². The second-order valence-electron chi connectivity index (χ2n) is 10.5. The topological polar surface area (TPSA) is 68.8 Å². The number of rotatable bonds is 8. The van der Waals surface area contributed by atoms with Gasteiger partial charge < -0.3 is 14.8 Å². The van der Waals surface area contributed by atoms with Gasteiger partial charge in [-0.3, -0.25) is 14.2 Å². The average Bonchev–Trinajstić information content (AvgIpc) is 3.46. The number of aromatic nitrogens is 1. The highest BCUT2D eigenvalue weighted by molar-refractivity contribution is 5.95. The number of ether oxygens (including phenoxy) is 1. The lowest BCUT2D eigenvalue weighted by Crippen LogP contribution is -2.47. The number of hydrogen-bond acceptors (Lipinski definition) is 4. The third-order valence-electron chi connectivity index (χ3n) is 7.68. The Hall–Kier alpha value is -3.25. The number of nitrogens with one attached hydrogen (secondary N) is 1. The summed E-state index contributed by atoms with van der Waals surface area (Å²) in [5, 5.41) is 9.95. The Kier molecular flexibility index (Phi) is 7.75. The van der Waals surface area contributed by atoms with Gasteiger partial charge in [-0.15, -0.1) is 0 Å². The Balaban J connectivity index is 1.53. The zero-order valence-corrected chi connectivity index (χ0v) is 21.7. The molecule has 1 fully saturated rings. The fourth-order valence-corrected chi connectivity index (χ4v) is 5.92. The van der Waals surface area contributed by atoms with Crippen LogP contribution in [0.25, 0.3) is 10.9 Å². The van der Waals surface area contributed by atoms with Crippen LogP contribution in [-0.4, -0.2) is 77.0 Å². The molecule has 5 rings (SSSR count). The Morgan fingerprint density at radius 1 is 1.18 bits per heavy atom. The Labute approximate surface area is 226 Å². The number of likely N-dealkylation sites (tertiary alicyclic amines) is 1. The number of benzene rings is 2. The van der Waals surface area contributed by atoms with E-state index in [-0.39, 0.29) is 29.5 Å². The number of carbonyl (C=O) groups is 1. The number of fused-ring (bicyclic) bond motifs is 3. The van der Waals surface area contributed by atoms with Gasteiger partial charge in [-0.1, -0.05) is 6.07 Å². The lowest BCUT2D eigenvalue weighted by molar-refractivity contribution is -0.155. The minimum atomic E-state index is -4.64. The second kappa shape index (κ2) is 11.0. The molecule has 0 bridgehead atoms. The van der Waals surface area contributed by atoms with Crippen molar-refractivity contribution in [3.63, 3.8) is 0 Å². The highest BCUT2D eigenvalue weighted by Crippen LogP contribution is 2.44. The summed E-state index contributed by atoms with van der Waals surface area (Å²) in [7, 11) is 0. The second-order valence-corrected chi connectivity index (χ2v) is 10.5. The minimum absolute atomic E-state index is 0.0307. The molecule has 40 heavy (non-hydrogen) atoms. The molecule has 0 aliphatic carbocycles. The molecule has 3 atom stereocenters. The van der Waals surface area contributed by atoms with Crippen LogP contribution in [0.1, 0.15) is 53.0 Å². The van der Waals surface area contributed by atoms with Crippen LogP contribution in [0.5, 0.6) is 5.75 Å². The van der Waals surface area contributed by atoms with E-state index in [1.54, 1.807) is 13.0 Å². The van der Waals surface area contributed by atoms with Crippen molar-refractivity contribution in [2.45, 2.75) is 50.6 Å². The van der Waals surface area contributed by atoms with Crippen molar-refractivity contribution < 1.29 is 41.0 Å². The lowest BCUT2D eigenvalue weighted by atomic mass is 9.88. The summed E-state index contributed by atoms with van der Waals surface area (Å²) in [6, 6.07) is 4.08. The van der Waals surface area contributed by atoms with E-state index >= 15 is 8.78 Å². The number of carboxylic acids is 1. The third kappa shape index (κ3) is 5.64. The number of hydrogen-bond donors (Lipinski definition) is 2. The van der Waals surface area contributed by atoms with E-state index in [4.69, 9.17) is 4.74 Å². The third-order valence-corrected chi connectivity index (χ3v) is 7.68. The van der Waals surface area contributed by atoms with Crippen LogP contribution in [0.3, 0.4) is 0 Å². The molecular weight excluding hydrogens is 540 g/mol. The van der Waals surface area contributed by atoms with Crippen molar-refractivity contribution in [3.8, 4) is 5.75 Å². The monoisotopic (exact) mass is 569 g/mol. The van der Waals surface area contributed by atoms with Crippen LogP contribution in [0, 0.1) is 11.6 Å². The average molecular weight is 570 g/mol. The quantitative estimate of drug-likeness (QED) is 0.333. The minimum Gasteiger partial charge on any atom is -0.489 e. The molecule has 2 aliphatic heterocycles. The number of aromatic amines is 1. The Bertz CT molecular complexity index is 1380. The maximum atomic E-state index is 15.7. The summed E-state index contributed by atoms with van der Waals surface area (Å²) in [5.74, 6) is -3.36. The molecule has 0 saturated carbocycles. The predicted octanol–water partition coefficient (Wildman–Crippen LogP) is 5.86. The molecule has 1 aromatic heterocycles. The number of aromatic carboxylic acids is 1. The number of carboxylic acid groups (broad SMARTS) is 1. The molecule has 2 aliphatic rings. The van der Waals surface area contributed by atoms with Crippen LogP contribution in [0.2, 0.25) is 0 Å². The molecule has 0 radical (unpaired) electrons. The van der Waals surface area contributed by atoms with Crippen molar-refractivity contribution in [2.75, 3.05) is 32.9 Å². The number of halogens is 6. The van der Waals surface area contributed by atoms with E-state index in [9.17, 15) is 27.5 Å². The lowest BCUT2D eigenvalue weighted by Gasteiger charge is -2.41. The van der Waals surface area contributed by atoms with Gasteiger partial charge in [-0.05, 0) is 43.9 Å². The highest BCUT2D eigenvalue weighted by Gasteiger charge is 2.44. The predicted molar refractivity (Wildman–Crippen MR) is 135 cm³/mol. The van der Waals surface area contributed by atoms with E-state index < -0.39 is 54.6 Å². The first-order valence-electron chi connectivity index (χ1n) is 13.1. The summed E-state index contributed by atoms with van der Waals surface area (Å²) in [6.45, 7) is 1.40. The molecule has 2 aromatic carbocycles. The summed E-state index contributed by atoms with van der Waals surface area (Å²) < 4.78 is 90.7. The van der Waals surface area contributed by atoms with E-state index in [1.807, 2.05) is 4.90 Å². The van der Waals surface area contributed by atoms with Crippen molar-refractivity contribution in [2.24, 2.45) is 0 Å². The molecule has 6 nitrogen and oxygen atoms in total.